The van der Waals surface area contributed by atoms with Gasteiger partial charge in [-0.05, 0) is 44.5 Å². The summed E-state index contributed by atoms with van der Waals surface area (Å²) in [6.07, 6.45) is 0. The van der Waals surface area contributed by atoms with Gasteiger partial charge in [0.15, 0.2) is 0 Å². The van der Waals surface area contributed by atoms with Crippen molar-refractivity contribution in [3.05, 3.63) is 58.7 Å². The van der Waals surface area contributed by atoms with Gasteiger partial charge < -0.3 is 20.3 Å². The maximum absolute atomic E-state index is 12.5. The minimum absolute atomic E-state index is 0.115. The molecule has 1 atom stereocenters. The number of hydrogen-bond donors (Lipinski definition) is 2. The Hall–Kier alpha value is -3.02. The zero-order valence-corrected chi connectivity index (χ0v) is 16.7. The van der Waals surface area contributed by atoms with Crippen molar-refractivity contribution in [2.24, 2.45) is 0 Å². The van der Waals surface area contributed by atoms with Crippen molar-refractivity contribution in [2.45, 2.75) is 26.8 Å². The molecule has 0 aliphatic heterocycles. The fourth-order valence-electron chi connectivity index (χ4n) is 2.77. The van der Waals surface area contributed by atoms with Crippen molar-refractivity contribution < 1.29 is 14.3 Å². The van der Waals surface area contributed by atoms with Crippen molar-refractivity contribution >= 4 is 17.6 Å². The topological polar surface area (TPSA) is 70.7 Å². The van der Waals surface area contributed by atoms with Gasteiger partial charge in [-0.25, -0.2) is 4.79 Å². The van der Waals surface area contributed by atoms with E-state index >= 15 is 0 Å². The molecule has 0 heterocycles. The first kappa shape index (κ1) is 20.3. The van der Waals surface area contributed by atoms with Crippen LogP contribution in [0.25, 0.3) is 0 Å². The van der Waals surface area contributed by atoms with E-state index in [0.29, 0.717) is 11.3 Å². The van der Waals surface area contributed by atoms with Crippen LogP contribution < -0.4 is 15.4 Å². The third-order valence-electron chi connectivity index (χ3n) is 4.34. The monoisotopic (exact) mass is 369 g/mol. The number of hydrogen-bond acceptors (Lipinski definition) is 3. The molecule has 2 aromatic carbocycles. The van der Waals surface area contributed by atoms with Gasteiger partial charge in [0, 0.05) is 30.9 Å². The molecular weight excluding hydrogens is 342 g/mol. The van der Waals surface area contributed by atoms with Crippen LogP contribution in [0.3, 0.4) is 0 Å². The molecule has 144 valence electrons. The third-order valence-corrected chi connectivity index (χ3v) is 4.34. The van der Waals surface area contributed by atoms with Crippen LogP contribution in [0.4, 0.5) is 10.5 Å². The van der Waals surface area contributed by atoms with E-state index in [1.54, 1.807) is 33.3 Å². The van der Waals surface area contributed by atoms with Crippen molar-refractivity contribution in [1.82, 2.24) is 10.2 Å². The number of anilines is 1. The van der Waals surface area contributed by atoms with Crippen molar-refractivity contribution in [3.8, 4) is 5.75 Å². The molecule has 0 bridgehead atoms. The number of ether oxygens (including phenoxy) is 1. The molecule has 6 nitrogen and oxygen atoms in total. The zero-order chi connectivity index (χ0) is 20.1. The van der Waals surface area contributed by atoms with Crippen molar-refractivity contribution in [1.29, 1.82) is 0 Å². The number of aryl methyl sites for hydroxylation is 2. The number of amides is 3. The van der Waals surface area contributed by atoms with E-state index in [-0.39, 0.29) is 18.0 Å². The fourth-order valence-corrected chi connectivity index (χ4v) is 2.77. The molecule has 0 radical (unpaired) electrons. The van der Waals surface area contributed by atoms with Crippen LogP contribution in [-0.4, -0.2) is 38.0 Å². The molecule has 1 unspecified atom stereocenters. The van der Waals surface area contributed by atoms with Gasteiger partial charge in [-0.15, -0.1) is 0 Å². The first-order valence-electron chi connectivity index (χ1n) is 8.77. The zero-order valence-electron chi connectivity index (χ0n) is 16.7. The first-order chi connectivity index (χ1) is 12.7. The predicted molar refractivity (Wildman–Crippen MR) is 107 cm³/mol. The summed E-state index contributed by atoms with van der Waals surface area (Å²) >= 11 is 0. The summed E-state index contributed by atoms with van der Waals surface area (Å²) in [4.78, 5) is 26.1. The molecule has 0 aromatic heterocycles. The van der Waals surface area contributed by atoms with Crippen molar-refractivity contribution in [2.75, 3.05) is 26.5 Å². The Bertz CT molecular complexity index is 847. The summed E-state index contributed by atoms with van der Waals surface area (Å²) in [7, 11) is 5.00. The second-order valence-corrected chi connectivity index (χ2v) is 6.79. The van der Waals surface area contributed by atoms with Crippen LogP contribution in [0.1, 0.15) is 40.0 Å². The van der Waals surface area contributed by atoms with Gasteiger partial charge in [0.25, 0.3) is 5.91 Å². The van der Waals surface area contributed by atoms with E-state index in [2.05, 4.69) is 10.6 Å². The van der Waals surface area contributed by atoms with Gasteiger partial charge in [0.05, 0.1) is 13.2 Å². The summed E-state index contributed by atoms with van der Waals surface area (Å²) in [5.41, 5.74) is 3.99. The number of nitrogens with one attached hydrogen (secondary N) is 2. The Morgan fingerprint density at radius 3 is 2.41 bits per heavy atom. The van der Waals surface area contributed by atoms with E-state index in [4.69, 9.17) is 4.74 Å². The fraction of sp³-hybridized carbons (Fsp3) is 0.333. The highest BCUT2D eigenvalue weighted by Crippen LogP contribution is 2.26. The lowest BCUT2D eigenvalue weighted by Crippen LogP contribution is -2.31. The normalized spacial score (nSPS) is 11.5. The number of nitrogens with zero attached hydrogens (tertiary/aromatic N) is 1. The molecule has 2 rings (SSSR count). The molecule has 0 aliphatic carbocycles. The van der Waals surface area contributed by atoms with E-state index in [9.17, 15) is 9.59 Å². The smallest absolute Gasteiger partial charge is 0.319 e. The molecule has 27 heavy (non-hydrogen) atoms. The van der Waals surface area contributed by atoms with Gasteiger partial charge >= 0.3 is 6.03 Å². The Morgan fingerprint density at radius 1 is 1.07 bits per heavy atom. The van der Waals surface area contributed by atoms with Crippen LogP contribution in [0, 0.1) is 13.8 Å². The second-order valence-electron chi connectivity index (χ2n) is 6.79. The molecule has 0 aliphatic rings. The largest absolute Gasteiger partial charge is 0.496 e. The lowest BCUT2D eigenvalue weighted by Gasteiger charge is -2.19. The molecule has 0 saturated heterocycles. The average Bonchev–Trinajstić information content (AvgIpc) is 2.62. The van der Waals surface area contributed by atoms with Crippen LogP contribution in [0.15, 0.2) is 36.4 Å². The van der Waals surface area contributed by atoms with Gasteiger partial charge in [0.1, 0.15) is 5.75 Å². The summed E-state index contributed by atoms with van der Waals surface area (Å²) in [6, 6.07) is 10.5. The van der Waals surface area contributed by atoms with Crippen LogP contribution >= 0.6 is 0 Å². The Kier molecular flexibility index (Phi) is 6.45. The highest BCUT2D eigenvalue weighted by Gasteiger charge is 2.16. The standard InChI is InChI=1S/C21H27N3O3/c1-13-7-10-19(27-6)17(11-13)15(3)22-21(26)23-18-12-16(9-8-14(18)2)20(25)24(4)5/h7-12,15H,1-6H3,(H2,22,23,26). The lowest BCUT2D eigenvalue weighted by molar-refractivity contribution is 0.0827. The minimum Gasteiger partial charge on any atom is -0.496 e. The van der Waals surface area contributed by atoms with E-state index < -0.39 is 0 Å². The minimum atomic E-state index is -0.344. The number of rotatable bonds is 5. The molecule has 0 saturated carbocycles. The molecule has 6 heteroatoms. The molecule has 2 aromatic rings. The second kappa shape index (κ2) is 8.58. The van der Waals surface area contributed by atoms with Crippen LogP contribution in [0.5, 0.6) is 5.75 Å². The SMILES string of the molecule is COc1ccc(C)cc1C(C)NC(=O)Nc1cc(C(=O)N(C)C)ccc1C. The predicted octanol–water partition coefficient (Wildman–Crippen LogP) is 3.90. The number of carbonyl (C=O) groups excluding carboxylic acids is 2. The summed E-state index contributed by atoms with van der Waals surface area (Å²) in [6.45, 7) is 5.77. The van der Waals surface area contributed by atoms with E-state index in [1.165, 1.54) is 4.90 Å². The van der Waals surface area contributed by atoms with E-state index in [0.717, 1.165) is 22.4 Å². The van der Waals surface area contributed by atoms with Crippen molar-refractivity contribution in [3.63, 3.8) is 0 Å². The Morgan fingerprint density at radius 2 is 1.78 bits per heavy atom. The third kappa shape index (κ3) is 5.00. The average molecular weight is 369 g/mol. The molecule has 0 fully saturated rings. The Labute approximate surface area is 160 Å². The summed E-state index contributed by atoms with van der Waals surface area (Å²) in [5, 5.41) is 5.76. The molecular formula is C21H27N3O3. The van der Waals surface area contributed by atoms with E-state index in [1.807, 2.05) is 45.0 Å². The number of benzene rings is 2. The quantitative estimate of drug-likeness (QED) is 0.840. The highest BCUT2D eigenvalue weighted by atomic mass is 16.5. The molecule has 2 N–H and O–H groups in total. The molecule has 3 amide bonds. The van der Waals surface area contributed by atoms with Crippen LogP contribution in [0.2, 0.25) is 0 Å². The van der Waals surface area contributed by atoms with Gasteiger partial charge in [-0.3, -0.25) is 4.79 Å². The summed E-state index contributed by atoms with van der Waals surface area (Å²) < 4.78 is 5.39. The molecule has 0 spiro atoms. The highest BCUT2D eigenvalue weighted by molar-refractivity contribution is 5.97. The number of methoxy groups -OCH3 is 1. The number of carbonyl (C=O) groups is 2. The maximum atomic E-state index is 12.5. The maximum Gasteiger partial charge on any atom is 0.319 e. The van der Waals surface area contributed by atoms with Gasteiger partial charge in [-0.2, -0.15) is 0 Å². The lowest BCUT2D eigenvalue weighted by atomic mass is 10.0. The first-order valence-corrected chi connectivity index (χ1v) is 8.77. The van der Waals surface area contributed by atoms with Crippen LogP contribution in [-0.2, 0) is 0 Å². The number of urea groups is 1. The van der Waals surface area contributed by atoms with Gasteiger partial charge in [0.2, 0.25) is 0 Å². The summed E-state index contributed by atoms with van der Waals surface area (Å²) in [5.74, 6) is 0.611. The van der Waals surface area contributed by atoms with Gasteiger partial charge in [-0.1, -0.05) is 23.8 Å². The Balaban J connectivity index is 2.15.